The Morgan fingerprint density at radius 3 is 2.46 bits per heavy atom. The van der Waals surface area contributed by atoms with Gasteiger partial charge in [0, 0.05) is 32.2 Å². The fourth-order valence-corrected chi connectivity index (χ4v) is 3.74. The quantitative estimate of drug-likeness (QED) is 0.898. The molecule has 1 saturated carbocycles. The van der Waals surface area contributed by atoms with Gasteiger partial charge in [-0.15, -0.1) is 0 Å². The second kappa shape index (κ2) is 8.92. The van der Waals surface area contributed by atoms with E-state index < -0.39 is 0 Å². The lowest BCUT2D eigenvalue weighted by Crippen LogP contribution is -2.54. The van der Waals surface area contributed by atoms with Gasteiger partial charge in [-0.05, 0) is 30.5 Å². The van der Waals surface area contributed by atoms with Crippen LogP contribution >= 0.6 is 0 Å². The lowest BCUT2D eigenvalue weighted by molar-refractivity contribution is -0.131. The van der Waals surface area contributed by atoms with Gasteiger partial charge in [0.1, 0.15) is 5.75 Å². The highest BCUT2D eigenvalue weighted by molar-refractivity contribution is 5.80. The largest absolute Gasteiger partial charge is 0.497 e. The summed E-state index contributed by atoms with van der Waals surface area (Å²) in [6, 6.07) is 7.95. The molecule has 26 heavy (non-hydrogen) atoms. The minimum absolute atomic E-state index is 0.0248. The molecule has 0 unspecified atom stereocenters. The molecule has 6 nitrogen and oxygen atoms in total. The molecule has 0 atom stereocenters. The number of piperazine rings is 1. The molecule has 2 fully saturated rings. The maximum absolute atomic E-state index is 12.5. The molecule has 0 aromatic heterocycles. The van der Waals surface area contributed by atoms with E-state index in [1.807, 2.05) is 34.1 Å². The average molecular weight is 359 g/mol. The third-order valence-corrected chi connectivity index (χ3v) is 5.34. The number of nitrogens with zero attached hydrogens (tertiary/aromatic N) is 2. The molecule has 3 rings (SSSR count). The number of carbonyl (C=O) groups excluding carboxylic acids is 2. The normalized spacial score (nSPS) is 18.5. The first-order chi connectivity index (χ1) is 12.7. The second-order valence-electron chi connectivity index (χ2n) is 7.18. The molecule has 1 aliphatic carbocycles. The van der Waals surface area contributed by atoms with Gasteiger partial charge in [0.15, 0.2) is 0 Å². The molecule has 6 heteroatoms. The SMILES string of the molecule is COc1cccc(CC(=O)N2CCN(C(=O)NC3CCCCC3)CC2)c1. The molecule has 1 heterocycles. The van der Waals surface area contributed by atoms with Crippen LogP contribution in [0.5, 0.6) is 5.75 Å². The van der Waals surface area contributed by atoms with Crippen LogP contribution < -0.4 is 10.1 Å². The number of ether oxygens (including phenoxy) is 1. The van der Waals surface area contributed by atoms with E-state index in [9.17, 15) is 9.59 Å². The Labute approximate surface area is 155 Å². The van der Waals surface area contributed by atoms with Gasteiger partial charge < -0.3 is 19.9 Å². The number of methoxy groups -OCH3 is 1. The maximum atomic E-state index is 12.5. The summed E-state index contributed by atoms with van der Waals surface area (Å²) in [4.78, 5) is 28.6. The van der Waals surface area contributed by atoms with Crippen molar-refractivity contribution in [2.24, 2.45) is 0 Å². The van der Waals surface area contributed by atoms with Crippen molar-refractivity contribution >= 4 is 11.9 Å². The van der Waals surface area contributed by atoms with Crippen LogP contribution in [-0.2, 0) is 11.2 Å². The average Bonchev–Trinajstić information content (AvgIpc) is 2.69. The highest BCUT2D eigenvalue weighted by atomic mass is 16.5. The zero-order chi connectivity index (χ0) is 18.4. The lowest BCUT2D eigenvalue weighted by Gasteiger charge is -2.36. The summed E-state index contributed by atoms with van der Waals surface area (Å²) in [5.41, 5.74) is 0.951. The van der Waals surface area contributed by atoms with Crippen LogP contribution in [0.4, 0.5) is 4.79 Å². The van der Waals surface area contributed by atoms with E-state index in [2.05, 4.69) is 5.32 Å². The van der Waals surface area contributed by atoms with E-state index in [4.69, 9.17) is 4.74 Å². The fourth-order valence-electron chi connectivity index (χ4n) is 3.74. The third-order valence-electron chi connectivity index (χ3n) is 5.34. The van der Waals surface area contributed by atoms with Crippen molar-refractivity contribution in [3.8, 4) is 5.75 Å². The van der Waals surface area contributed by atoms with E-state index in [0.29, 0.717) is 38.6 Å². The first-order valence-electron chi connectivity index (χ1n) is 9.62. The van der Waals surface area contributed by atoms with Gasteiger partial charge in [0.05, 0.1) is 13.5 Å². The highest BCUT2D eigenvalue weighted by Crippen LogP contribution is 2.18. The Morgan fingerprint density at radius 1 is 1.08 bits per heavy atom. The van der Waals surface area contributed by atoms with Crippen molar-refractivity contribution < 1.29 is 14.3 Å². The summed E-state index contributed by atoms with van der Waals surface area (Å²) >= 11 is 0. The molecular weight excluding hydrogens is 330 g/mol. The number of rotatable bonds is 4. The summed E-state index contributed by atoms with van der Waals surface area (Å²) in [7, 11) is 1.62. The van der Waals surface area contributed by atoms with Gasteiger partial charge in [-0.25, -0.2) is 4.79 Å². The number of amides is 3. The summed E-state index contributed by atoms with van der Waals surface area (Å²) in [5, 5.41) is 3.15. The zero-order valence-electron chi connectivity index (χ0n) is 15.6. The molecule has 1 aromatic carbocycles. The monoisotopic (exact) mass is 359 g/mol. The minimum atomic E-state index is 0.0248. The van der Waals surface area contributed by atoms with Crippen LogP contribution in [-0.4, -0.2) is 61.1 Å². The van der Waals surface area contributed by atoms with E-state index in [1.165, 1.54) is 19.3 Å². The molecule has 3 amide bonds. The molecular formula is C20H29N3O3. The van der Waals surface area contributed by atoms with E-state index in [1.54, 1.807) is 7.11 Å². The van der Waals surface area contributed by atoms with Crippen molar-refractivity contribution in [3.63, 3.8) is 0 Å². The van der Waals surface area contributed by atoms with Gasteiger partial charge >= 0.3 is 6.03 Å². The number of hydrogen-bond donors (Lipinski definition) is 1. The predicted octanol–water partition coefficient (Wildman–Crippen LogP) is 2.42. The van der Waals surface area contributed by atoms with Crippen LogP contribution in [0.2, 0.25) is 0 Å². The van der Waals surface area contributed by atoms with Crippen molar-refractivity contribution in [3.05, 3.63) is 29.8 Å². The standard InChI is InChI=1S/C20H29N3O3/c1-26-18-9-5-6-16(14-18)15-19(24)22-10-12-23(13-11-22)20(25)21-17-7-3-2-4-8-17/h5-6,9,14,17H,2-4,7-8,10-13,15H2,1H3,(H,21,25). The van der Waals surface area contributed by atoms with Crippen LogP contribution in [0.15, 0.2) is 24.3 Å². The molecule has 0 radical (unpaired) electrons. The zero-order valence-corrected chi connectivity index (χ0v) is 15.6. The maximum Gasteiger partial charge on any atom is 0.317 e. The molecule has 0 spiro atoms. The van der Waals surface area contributed by atoms with Crippen molar-refractivity contribution in [1.29, 1.82) is 0 Å². The van der Waals surface area contributed by atoms with Gasteiger partial charge in [-0.1, -0.05) is 31.4 Å². The second-order valence-corrected chi connectivity index (χ2v) is 7.18. The number of nitrogens with one attached hydrogen (secondary N) is 1. The van der Waals surface area contributed by atoms with Crippen LogP contribution in [0.1, 0.15) is 37.7 Å². The van der Waals surface area contributed by atoms with Crippen LogP contribution in [0, 0.1) is 0 Å². The fraction of sp³-hybridized carbons (Fsp3) is 0.600. The molecule has 0 bridgehead atoms. The van der Waals surface area contributed by atoms with Crippen LogP contribution in [0.25, 0.3) is 0 Å². The van der Waals surface area contributed by atoms with E-state index >= 15 is 0 Å². The Morgan fingerprint density at radius 2 is 1.77 bits per heavy atom. The number of benzene rings is 1. The summed E-state index contributed by atoms with van der Waals surface area (Å²) < 4.78 is 5.21. The van der Waals surface area contributed by atoms with E-state index in [-0.39, 0.29) is 11.9 Å². The summed E-state index contributed by atoms with van der Waals surface area (Å²) in [5.74, 6) is 0.866. The van der Waals surface area contributed by atoms with Crippen LogP contribution in [0.3, 0.4) is 0 Å². The number of urea groups is 1. The Kier molecular flexibility index (Phi) is 6.36. The number of hydrogen-bond acceptors (Lipinski definition) is 3. The topological polar surface area (TPSA) is 61.9 Å². The minimum Gasteiger partial charge on any atom is -0.497 e. The van der Waals surface area contributed by atoms with Gasteiger partial charge in [-0.2, -0.15) is 0 Å². The molecule has 142 valence electrons. The van der Waals surface area contributed by atoms with Crippen molar-refractivity contribution in [1.82, 2.24) is 15.1 Å². The Balaban J connectivity index is 1.45. The lowest BCUT2D eigenvalue weighted by atomic mass is 9.96. The highest BCUT2D eigenvalue weighted by Gasteiger charge is 2.25. The Bertz CT molecular complexity index is 620. The molecule has 1 aromatic rings. The smallest absolute Gasteiger partial charge is 0.317 e. The first-order valence-corrected chi connectivity index (χ1v) is 9.62. The van der Waals surface area contributed by atoms with Gasteiger partial charge in [0.25, 0.3) is 0 Å². The molecule has 1 aliphatic heterocycles. The van der Waals surface area contributed by atoms with Crippen molar-refractivity contribution in [2.75, 3.05) is 33.3 Å². The predicted molar refractivity (Wildman–Crippen MR) is 100 cm³/mol. The number of carbonyl (C=O) groups is 2. The molecule has 1 N–H and O–H groups in total. The van der Waals surface area contributed by atoms with Gasteiger partial charge in [0.2, 0.25) is 5.91 Å². The Hall–Kier alpha value is -2.24. The molecule has 2 aliphatic rings. The third kappa shape index (κ3) is 4.90. The first kappa shape index (κ1) is 18.5. The summed E-state index contributed by atoms with van der Waals surface area (Å²) in [6.45, 7) is 2.40. The van der Waals surface area contributed by atoms with E-state index in [0.717, 1.165) is 24.2 Å². The van der Waals surface area contributed by atoms with Crippen molar-refractivity contribution in [2.45, 2.75) is 44.6 Å². The summed E-state index contributed by atoms with van der Waals surface area (Å²) in [6.07, 6.45) is 6.23. The molecule has 1 saturated heterocycles. The van der Waals surface area contributed by atoms with Gasteiger partial charge in [-0.3, -0.25) is 4.79 Å².